The van der Waals surface area contributed by atoms with Crippen molar-refractivity contribution in [1.82, 2.24) is 19.6 Å². The Hall–Kier alpha value is -1.63. The highest BCUT2D eigenvalue weighted by molar-refractivity contribution is 7.99. The molecule has 0 unspecified atom stereocenters. The summed E-state index contributed by atoms with van der Waals surface area (Å²) in [5, 5.41) is 8.80. The van der Waals surface area contributed by atoms with Crippen LogP contribution in [0.15, 0.2) is 11.2 Å². The van der Waals surface area contributed by atoms with Crippen LogP contribution in [-0.2, 0) is 4.79 Å². The van der Waals surface area contributed by atoms with Crippen molar-refractivity contribution in [2.24, 2.45) is 5.73 Å². The van der Waals surface area contributed by atoms with Crippen molar-refractivity contribution in [3.05, 3.63) is 17.5 Å². The molecule has 0 saturated carbocycles. The lowest BCUT2D eigenvalue weighted by Gasteiger charge is -2.03. The van der Waals surface area contributed by atoms with E-state index in [2.05, 4.69) is 15.2 Å². The lowest BCUT2D eigenvalue weighted by Crippen LogP contribution is -2.11. The Morgan fingerprint density at radius 3 is 2.94 bits per heavy atom. The third-order valence-electron chi connectivity index (χ3n) is 2.24. The molecule has 2 aromatic heterocycles. The number of carbonyl (C=O) groups is 1. The fraction of sp³-hybridized carbons (Fsp3) is 0.400. The predicted molar refractivity (Wildman–Crippen MR) is 64.8 cm³/mol. The number of hydrogen-bond acceptors (Lipinski definition) is 5. The topological polar surface area (TPSA) is 86.2 Å². The molecule has 0 aliphatic carbocycles. The third-order valence-corrected chi connectivity index (χ3v) is 3.17. The molecule has 0 radical (unpaired) electrons. The van der Waals surface area contributed by atoms with Crippen LogP contribution in [0.5, 0.6) is 0 Å². The maximum atomic E-state index is 10.7. The zero-order valence-corrected chi connectivity index (χ0v) is 10.5. The first-order chi connectivity index (χ1) is 8.08. The van der Waals surface area contributed by atoms with E-state index in [9.17, 15) is 4.79 Å². The molecule has 2 heterocycles. The van der Waals surface area contributed by atoms with Gasteiger partial charge in [-0.2, -0.15) is 0 Å². The van der Waals surface area contributed by atoms with E-state index in [0.717, 1.165) is 16.5 Å². The van der Waals surface area contributed by atoms with Crippen LogP contribution in [0, 0.1) is 13.8 Å². The highest BCUT2D eigenvalue weighted by Crippen LogP contribution is 2.18. The van der Waals surface area contributed by atoms with Gasteiger partial charge in [0.1, 0.15) is 0 Å². The van der Waals surface area contributed by atoms with Gasteiger partial charge in [-0.05, 0) is 19.9 Å². The molecular formula is C10H13N5OS. The highest BCUT2D eigenvalue weighted by atomic mass is 32.2. The molecule has 0 aliphatic heterocycles. The lowest BCUT2D eigenvalue weighted by atomic mass is 10.3. The van der Waals surface area contributed by atoms with Crippen LogP contribution in [0.2, 0.25) is 0 Å². The Kier molecular flexibility index (Phi) is 3.28. The summed E-state index contributed by atoms with van der Waals surface area (Å²) in [6.45, 7) is 3.89. The number of nitrogens with zero attached hydrogens (tertiary/aromatic N) is 4. The van der Waals surface area contributed by atoms with Crippen molar-refractivity contribution >= 4 is 23.4 Å². The molecule has 0 saturated heterocycles. The highest BCUT2D eigenvalue weighted by Gasteiger charge is 2.10. The van der Waals surface area contributed by atoms with Crippen molar-refractivity contribution in [3.63, 3.8) is 0 Å². The van der Waals surface area contributed by atoms with Gasteiger partial charge >= 0.3 is 0 Å². The Balaban J connectivity index is 2.26. The normalized spacial score (nSPS) is 10.9. The number of carbonyl (C=O) groups excluding carboxylic acids is 1. The molecule has 2 N–H and O–H groups in total. The van der Waals surface area contributed by atoms with E-state index in [0.29, 0.717) is 18.0 Å². The molecule has 1 amide bonds. The zero-order valence-electron chi connectivity index (χ0n) is 9.67. The smallest absolute Gasteiger partial charge is 0.256 e. The number of fused-ring (bicyclic) bond motifs is 1. The van der Waals surface area contributed by atoms with Crippen LogP contribution in [0.4, 0.5) is 0 Å². The lowest BCUT2D eigenvalue weighted by molar-refractivity contribution is -0.117. The first-order valence-electron chi connectivity index (χ1n) is 5.18. The summed E-state index contributed by atoms with van der Waals surface area (Å²) in [6, 6.07) is 1.97. The van der Waals surface area contributed by atoms with Crippen LogP contribution < -0.4 is 5.73 Å². The van der Waals surface area contributed by atoms with E-state index < -0.39 is 0 Å². The Labute approximate surface area is 103 Å². The minimum absolute atomic E-state index is 0.308. The first kappa shape index (κ1) is 11.8. The summed E-state index contributed by atoms with van der Waals surface area (Å²) in [4.78, 5) is 14.9. The average Bonchev–Trinajstić information content (AvgIpc) is 2.60. The van der Waals surface area contributed by atoms with Gasteiger partial charge in [0.15, 0.2) is 5.16 Å². The summed E-state index contributed by atoms with van der Waals surface area (Å²) in [7, 11) is 0. The van der Waals surface area contributed by atoms with Crippen molar-refractivity contribution in [2.75, 3.05) is 5.75 Å². The number of rotatable bonds is 4. The molecule has 0 aromatic carbocycles. The predicted octanol–water partition coefficient (Wildman–Crippen LogP) is 0.709. The van der Waals surface area contributed by atoms with E-state index in [4.69, 9.17) is 5.73 Å². The zero-order chi connectivity index (χ0) is 12.4. The van der Waals surface area contributed by atoms with E-state index in [1.165, 1.54) is 11.8 Å². The maximum absolute atomic E-state index is 10.7. The molecule has 17 heavy (non-hydrogen) atoms. The van der Waals surface area contributed by atoms with Crippen LogP contribution >= 0.6 is 11.8 Å². The van der Waals surface area contributed by atoms with E-state index in [-0.39, 0.29) is 5.91 Å². The van der Waals surface area contributed by atoms with Gasteiger partial charge in [0.25, 0.3) is 5.78 Å². The van der Waals surface area contributed by atoms with Gasteiger partial charge in [-0.25, -0.2) is 4.98 Å². The Morgan fingerprint density at radius 2 is 2.24 bits per heavy atom. The average molecular weight is 251 g/mol. The van der Waals surface area contributed by atoms with Crippen LogP contribution in [-0.4, -0.2) is 31.2 Å². The molecule has 0 fully saturated rings. The van der Waals surface area contributed by atoms with Gasteiger partial charge in [-0.15, -0.1) is 10.2 Å². The molecule has 0 bridgehead atoms. The van der Waals surface area contributed by atoms with Gasteiger partial charge in [-0.1, -0.05) is 11.8 Å². The van der Waals surface area contributed by atoms with Gasteiger partial charge in [0.05, 0.1) is 0 Å². The second-order valence-electron chi connectivity index (χ2n) is 3.72. The van der Waals surface area contributed by atoms with E-state index in [1.807, 2.05) is 24.3 Å². The molecule has 7 heteroatoms. The first-order valence-corrected chi connectivity index (χ1v) is 6.17. The number of amides is 1. The molecule has 0 aliphatic rings. The number of primary amides is 1. The van der Waals surface area contributed by atoms with Crippen molar-refractivity contribution in [1.29, 1.82) is 0 Å². The summed E-state index contributed by atoms with van der Waals surface area (Å²) < 4.78 is 1.87. The summed E-state index contributed by atoms with van der Waals surface area (Å²) in [5.41, 5.74) is 7.03. The van der Waals surface area contributed by atoms with Crippen LogP contribution in [0.3, 0.4) is 0 Å². The molecule has 2 aromatic rings. The number of hydrogen-bond donors (Lipinski definition) is 1. The van der Waals surface area contributed by atoms with Crippen LogP contribution in [0.1, 0.15) is 17.8 Å². The van der Waals surface area contributed by atoms with Crippen molar-refractivity contribution < 1.29 is 4.79 Å². The summed E-state index contributed by atoms with van der Waals surface area (Å²) >= 11 is 1.45. The maximum Gasteiger partial charge on any atom is 0.256 e. The molecule has 90 valence electrons. The second kappa shape index (κ2) is 4.70. The molecule has 6 nitrogen and oxygen atoms in total. The Bertz CT molecular complexity index is 565. The number of nitrogens with two attached hydrogens (primary N) is 1. The number of aryl methyl sites for hydroxylation is 2. The van der Waals surface area contributed by atoms with Gasteiger partial charge in [-0.3, -0.25) is 9.20 Å². The summed E-state index contributed by atoms with van der Waals surface area (Å²) in [6.07, 6.45) is 0.331. The molecule has 0 atom stereocenters. The quantitative estimate of drug-likeness (QED) is 0.809. The third kappa shape index (κ3) is 2.55. The van der Waals surface area contributed by atoms with E-state index in [1.54, 1.807) is 0 Å². The second-order valence-corrected chi connectivity index (χ2v) is 4.78. The van der Waals surface area contributed by atoms with Crippen molar-refractivity contribution in [3.8, 4) is 0 Å². The monoisotopic (exact) mass is 251 g/mol. The number of aromatic nitrogens is 4. The van der Waals surface area contributed by atoms with E-state index >= 15 is 0 Å². The Morgan fingerprint density at radius 1 is 1.47 bits per heavy atom. The summed E-state index contributed by atoms with van der Waals surface area (Å²) in [5.74, 6) is 0.879. The largest absolute Gasteiger partial charge is 0.370 e. The molecular weight excluding hydrogens is 238 g/mol. The van der Waals surface area contributed by atoms with Crippen LogP contribution in [0.25, 0.3) is 5.78 Å². The number of thioether (sulfide) groups is 1. The fourth-order valence-electron chi connectivity index (χ4n) is 1.54. The standard InChI is InChI=1S/C10H13N5OS/c1-6-5-7(2)15-9(12-6)13-14-10(15)17-4-3-8(11)16/h5H,3-4H2,1-2H3,(H2,11,16). The molecule has 0 spiro atoms. The van der Waals surface area contributed by atoms with Gasteiger partial charge in [0.2, 0.25) is 5.91 Å². The minimum atomic E-state index is -0.308. The van der Waals surface area contributed by atoms with Gasteiger partial charge in [0, 0.05) is 23.6 Å². The molecule has 2 rings (SSSR count). The van der Waals surface area contributed by atoms with Crippen molar-refractivity contribution in [2.45, 2.75) is 25.4 Å². The fourth-order valence-corrected chi connectivity index (χ4v) is 2.48. The van der Waals surface area contributed by atoms with Gasteiger partial charge < -0.3 is 5.73 Å². The SMILES string of the molecule is Cc1cc(C)n2c(SCCC(N)=O)nnc2n1. The minimum Gasteiger partial charge on any atom is -0.370 e.